The van der Waals surface area contributed by atoms with E-state index in [0.717, 1.165) is 0 Å². The Kier molecular flexibility index (Phi) is 0.933. The van der Waals surface area contributed by atoms with E-state index >= 15 is 0 Å². The Morgan fingerprint density at radius 1 is 1.55 bits per heavy atom. The highest BCUT2D eigenvalue weighted by atomic mass is 16.3. The maximum Gasteiger partial charge on any atom is 0.448 e. The van der Waals surface area contributed by atoms with E-state index in [1.807, 2.05) is 13.8 Å². The van der Waals surface area contributed by atoms with Gasteiger partial charge in [0, 0.05) is 0 Å². The maximum absolute atomic E-state index is 11.1. The summed E-state index contributed by atoms with van der Waals surface area (Å²) < 4.78 is -0.0289. The number of amides is 2. The minimum atomic E-state index is -0.508. The number of nitrogens with one attached hydrogen (secondary N) is 1. The second-order valence-electron chi connectivity index (χ2n) is 3.05. The average Bonchev–Trinajstić information content (AvgIpc) is 2.36. The van der Waals surface area contributed by atoms with Crippen LogP contribution in [0.2, 0.25) is 0 Å². The van der Waals surface area contributed by atoms with Crippen LogP contribution in [0, 0.1) is 0 Å². The normalized spacial score (nSPS) is 47.5. The third kappa shape index (κ3) is 0.544. The first kappa shape index (κ1) is 6.60. The SMILES string of the molecule is C[C@H]1[C@H](C)[N+]12N=C([O-])NC2=O. The van der Waals surface area contributed by atoms with Crippen LogP contribution >= 0.6 is 0 Å². The predicted octanol–water partition coefficient (Wildman–Crippen LogP) is -1.05. The molecule has 2 heterocycles. The zero-order valence-electron chi connectivity index (χ0n) is 6.37. The Labute approximate surface area is 63.9 Å². The van der Waals surface area contributed by atoms with Crippen molar-refractivity contribution in [1.29, 1.82) is 0 Å². The average molecular weight is 155 g/mol. The summed E-state index contributed by atoms with van der Waals surface area (Å²) >= 11 is 0. The fourth-order valence-electron chi connectivity index (χ4n) is 1.62. The molecule has 2 aliphatic heterocycles. The van der Waals surface area contributed by atoms with Crippen molar-refractivity contribution in [1.82, 2.24) is 5.32 Å². The second kappa shape index (κ2) is 1.55. The van der Waals surface area contributed by atoms with Crippen LogP contribution in [0.1, 0.15) is 13.8 Å². The van der Waals surface area contributed by atoms with Gasteiger partial charge in [-0.15, -0.1) is 4.59 Å². The van der Waals surface area contributed by atoms with Gasteiger partial charge in [-0.05, 0) is 13.8 Å². The van der Waals surface area contributed by atoms with Gasteiger partial charge >= 0.3 is 6.03 Å². The van der Waals surface area contributed by atoms with Crippen molar-refractivity contribution in [2.24, 2.45) is 5.10 Å². The lowest BCUT2D eigenvalue weighted by atomic mass is 10.4. The van der Waals surface area contributed by atoms with Gasteiger partial charge in [0.05, 0.1) is 0 Å². The van der Waals surface area contributed by atoms with Gasteiger partial charge in [-0.2, -0.15) is 0 Å². The second-order valence-corrected chi connectivity index (χ2v) is 3.05. The molecule has 0 unspecified atom stereocenters. The topological polar surface area (TPSA) is 64.5 Å². The quantitative estimate of drug-likeness (QED) is 0.358. The molecule has 2 aliphatic rings. The van der Waals surface area contributed by atoms with Crippen molar-refractivity contribution in [3.8, 4) is 0 Å². The Morgan fingerprint density at radius 2 is 2.09 bits per heavy atom. The zero-order chi connectivity index (χ0) is 8.22. The third-order valence-electron chi connectivity index (χ3n) is 2.65. The number of hydrogen-bond acceptors (Lipinski definition) is 3. The first-order valence-corrected chi connectivity index (χ1v) is 3.56. The molecule has 0 aromatic rings. The largest absolute Gasteiger partial charge is 0.842 e. The van der Waals surface area contributed by atoms with Gasteiger partial charge in [-0.3, -0.25) is 5.32 Å². The summed E-state index contributed by atoms with van der Waals surface area (Å²) in [6, 6.07) is -0.482. The number of carbonyl (C=O) groups excluding carboxylic acids is 1. The summed E-state index contributed by atoms with van der Waals surface area (Å²) in [6.07, 6.45) is 0. The van der Waals surface area contributed by atoms with Crippen LogP contribution in [0.25, 0.3) is 0 Å². The predicted molar refractivity (Wildman–Crippen MR) is 35.2 cm³/mol. The Morgan fingerprint density at radius 3 is 2.27 bits per heavy atom. The molecule has 11 heavy (non-hydrogen) atoms. The van der Waals surface area contributed by atoms with Crippen LogP contribution < -0.4 is 10.4 Å². The molecular weight excluding hydrogens is 146 g/mol. The fraction of sp³-hybridized carbons (Fsp3) is 0.667. The van der Waals surface area contributed by atoms with Gasteiger partial charge < -0.3 is 5.11 Å². The number of nitrogens with zero attached hydrogens (tertiary/aromatic N) is 2. The van der Waals surface area contributed by atoms with Crippen molar-refractivity contribution in [3.05, 3.63) is 0 Å². The maximum atomic E-state index is 11.1. The molecule has 0 aromatic carbocycles. The van der Waals surface area contributed by atoms with Gasteiger partial charge in [-0.25, -0.2) is 4.79 Å². The molecule has 0 radical (unpaired) electrons. The highest BCUT2D eigenvalue weighted by molar-refractivity contribution is 5.91. The zero-order valence-corrected chi connectivity index (χ0v) is 6.37. The van der Waals surface area contributed by atoms with Crippen molar-refractivity contribution >= 4 is 12.1 Å². The number of amidine groups is 1. The number of quaternary nitrogens is 1. The smallest absolute Gasteiger partial charge is 0.448 e. The van der Waals surface area contributed by atoms with E-state index in [-0.39, 0.29) is 22.7 Å². The standard InChI is InChI=1S/C6H9N3O2/c1-3-4(2)9(3)6(11)7-5(10)8-9/h3-4H,1-2H3,(H-,7,8,10,11)/t3-,4-/m0/s1. The molecule has 0 saturated carbocycles. The van der Waals surface area contributed by atoms with Gasteiger partial charge in [-0.1, -0.05) is 5.10 Å². The summed E-state index contributed by atoms with van der Waals surface area (Å²) in [7, 11) is 0. The number of urea groups is 1. The molecule has 5 nitrogen and oxygen atoms in total. The molecule has 5 heteroatoms. The van der Waals surface area contributed by atoms with E-state index in [4.69, 9.17) is 0 Å². The monoisotopic (exact) mass is 155 g/mol. The number of carbonyl (C=O) groups is 1. The van der Waals surface area contributed by atoms with Crippen LogP contribution in [0.5, 0.6) is 0 Å². The van der Waals surface area contributed by atoms with E-state index in [1.165, 1.54) is 0 Å². The fourth-order valence-corrected chi connectivity index (χ4v) is 1.62. The van der Waals surface area contributed by atoms with E-state index in [1.54, 1.807) is 0 Å². The van der Waals surface area contributed by atoms with E-state index in [9.17, 15) is 9.90 Å². The Balaban J connectivity index is 2.36. The van der Waals surface area contributed by atoms with E-state index in [0.29, 0.717) is 0 Å². The summed E-state index contributed by atoms with van der Waals surface area (Å²) in [6.45, 7) is 3.82. The molecule has 60 valence electrons. The first-order chi connectivity index (χ1) is 5.09. The highest BCUT2D eigenvalue weighted by Crippen LogP contribution is 2.41. The Bertz CT molecular complexity index is 253. The molecule has 2 rings (SSSR count). The lowest BCUT2D eigenvalue weighted by Gasteiger charge is -2.00. The number of rotatable bonds is 0. The molecule has 1 saturated heterocycles. The van der Waals surface area contributed by atoms with Crippen LogP contribution in [0.4, 0.5) is 4.79 Å². The van der Waals surface area contributed by atoms with Gasteiger partial charge in [0.15, 0.2) is 12.1 Å². The van der Waals surface area contributed by atoms with Crippen LogP contribution in [0.15, 0.2) is 5.10 Å². The number of hydrogen-bond donors (Lipinski definition) is 1. The van der Waals surface area contributed by atoms with E-state index < -0.39 is 6.02 Å². The lowest BCUT2D eigenvalue weighted by Crippen LogP contribution is -2.37. The summed E-state index contributed by atoms with van der Waals surface area (Å²) in [5, 5.41) is 16.6. The van der Waals surface area contributed by atoms with Gasteiger partial charge in [0.25, 0.3) is 0 Å². The van der Waals surface area contributed by atoms with Crippen LogP contribution in [-0.4, -0.2) is 28.7 Å². The Hall–Kier alpha value is -1.10. The molecular formula is C6H9N3O2. The van der Waals surface area contributed by atoms with E-state index in [2.05, 4.69) is 10.4 Å². The van der Waals surface area contributed by atoms with Crippen molar-refractivity contribution in [3.63, 3.8) is 0 Å². The molecule has 2 amide bonds. The van der Waals surface area contributed by atoms with Crippen molar-refractivity contribution in [2.75, 3.05) is 0 Å². The molecule has 1 N–H and O–H groups in total. The molecule has 1 spiro atoms. The minimum Gasteiger partial charge on any atom is -0.842 e. The third-order valence-corrected chi connectivity index (χ3v) is 2.65. The first-order valence-electron chi connectivity index (χ1n) is 3.56. The molecule has 1 fully saturated rings. The van der Waals surface area contributed by atoms with Crippen LogP contribution in [0.3, 0.4) is 0 Å². The molecule has 0 aliphatic carbocycles. The molecule has 0 aromatic heterocycles. The highest BCUT2D eigenvalue weighted by Gasteiger charge is 2.70. The van der Waals surface area contributed by atoms with Gasteiger partial charge in [0.2, 0.25) is 0 Å². The lowest BCUT2D eigenvalue weighted by molar-refractivity contribution is -0.742. The van der Waals surface area contributed by atoms with Gasteiger partial charge in [0.1, 0.15) is 6.02 Å². The van der Waals surface area contributed by atoms with Crippen LogP contribution in [-0.2, 0) is 0 Å². The molecule has 2 atom stereocenters. The molecule has 0 bridgehead atoms. The summed E-state index contributed by atoms with van der Waals surface area (Å²) in [5.74, 6) is 0. The minimum absolute atomic E-state index is 0.0289. The summed E-state index contributed by atoms with van der Waals surface area (Å²) in [4.78, 5) is 11.1. The van der Waals surface area contributed by atoms with Crippen molar-refractivity contribution in [2.45, 2.75) is 25.9 Å². The summed E-state index contributed by atoms with van der Waals surface area (Å²) in [5.41, 5.74) is 0. The van der Waals surface area contributed by atoms with Crippen molar-refractivity contribution < 1.29 is 14.5 Å².